The Balaban J connectivity index is 2.43. The third-order valence-electron chi connectivity index (χ3n) is 3.17. The first kappa shape index (κ1) is 17.6. The fraction of sp³-hybridized carbons (Fsp3) is 0.500. The highest BCUT2D eigenvalue weighted by molar-refractivity contribution is 7.99. The number of rotatable bonds is 9. The number of carboxylic acid groups (broad SMARTS) is 1. The van der Waals surface area contributed by atoms with Crippen molar-refractivity contribution in [2.75, 3.05) is 0 Å². The predicted octanol–water partition coefficient (Wildman–Crippen LogP) is 3.07. The van der Waals surface area contributed by atoms with Crippen LogP contribution in [-0.2, 0) is 15.3 Å². The number of amides is 1. The first-order valence-electron chi connectivity index (χ1n) is 7.23. The van der Waals surface area contributed by atoms with Gasteiger partial charge in [0.25, 0.3) is 0 Å². The highest BCUT2D eigenvalue weighted by atomic mass is 32.2. The van der Waals surface area contributed by atoms with Crippen LogP contribution in [0.2, 0.25) is 0 Å². The van der Waals surface area contributed by atoms with E-state index in [0.29, 0.717) is 6.42 Å². The summed E-state index contributed by atoms with van der Waals surface area (Å²) in [5, 5.41) is 11.5. The van der Waals surface area contributed by atoms with Gasteiger partial charge in [0.1, 0.15) is 6.04 Å². The molecule has 4 nitrogen and oxygen atoms in total. The van der Waals surface area contributed by atoms with Crippen molar-refractivity contribution >= 4 is 23.6 Å². The molecule has 0 aromatic heterocycles. The smallest absolute Gasteiger partial charge is 0.326 e. The van der Waals surface area contributed by atoms with Gasteiger partial charge in [-0.25, -0.2) is 4.79 Å². The highest BCUT2D eigenvalue weighted by Gasteiger charge is 2.22. The molecule has 0 radical (unpaired) electrons. The molecule has 0 saturated heterocycles. The monoisotopic (exact) mass is 309 g/mol. The Morgan fingerprint density at radius 3 is 2.52 bits per heavy atom. The van der Waals surface area contributed by atoms with Crippen molar-refractivity contribution in [3.05, 3.63) is 35.9 Å². The number of hydrogen-bond acceptors (Lipinski definition) is 3. The Morgan fingerprint density at radius 1 is 1.29 bits per heavy atom. The maximum absolute atomic E-state index is 12.0. The van der Waals surface area contributed by atoms with E-state index in [0.717, 1.165) is 24.2 Å². The third-order valence-corrected chi connectivity index (χ3v) is 4.39. The van der Waals surface area contributed by atoms with E-state index in [1.54, 1.807) is 0 Å². The molecule has 0 saturated carbocycles. The first-order valence-corrected chi connectivity index (χ1v) is 8.28. The molecule has 1 aromatic rings. The van der Waals surface area contributed by atoms with Crippen LogP contribution in [0.15, 0.2) is 30.3 Å². The van der Waals surface area contributed by atoms with Crippen molar-refractivity contribution < 1.29 is 14.7 Å². The van der Waals surface area contributed by atoms with Crippen molar-refractivity contribution in [3.8, 4) is 0 Å². The van der Waals surface area contributed by atoms with Gasteiger partial charge in [-0.15, -0.1) is 11.8 Å². The second-order valence-electron chi connectivity index (χ2n) is 4.98. The summed E-state index contributed by atoms with van der Waals surface area (Å²) < 4.78 is 0. The zero-order valence-electron chi connectivity index (χ0n) is 12.5. The molecule has 0 bridgehead atoms. The van der Waals surface area contributed by atoms with Crippen molar-refractivity contribution in [1.29, 1.82) is 0 Å². The van der Waals surface area contributed by atoms with Crippen LogP contribution in [-0.4, -0.2) is 28.3 Å². The number of carboxylic acids is 1. The van der Waals surface area contributed by atoms with E-state index in [-0.39, 0.29) is 11.2 Å². The number of benzene rings is 1. The molecule has 0 spiro atoms. The van der Waals surface area contributed by atoms with Gasteiger partial charge in [0, 0.05) is 5.75 Å². The minimum atomic E-state index is -0.961. The number of aliphatic carboxylic acids is 1. The number of nitrogens with one attached hydrogen (secondary N) is 1. The maximum Gasteiger partial charge on any atom is 0.326 e. The van der Waals surface area contributed by atoms with Gasteiger partial charge >= 0.3 is 5.97 Å². The molecule has 0 aliphatic carbocycles. The lowest BCUT2D eigenvalue weighted by molar-refractivity contribution is -0.141. The van der Waals surface area contributed by atoms with Crippen LogP contribution in [0.25, 0.3) is 0 Å². The summed E-state index contributed by atoms with van der Waals surface area (Å²) in [7, 11) is 0. The predicted molar refractivity (Wildman–Crippen MR) is 86.3 cm³/mol. The molecule has 1 aromatic carbocycles. The van der Waals surface area contributed by atoms with Crippen LogP contribution in [0.1, 0.15) is 38.7 Å². The molecule has 2 N–H and O–H groups in total. The summed E-state index contributed by atoms with van der Waals surface area (Å²) in [6.45, 7) is 3.81. The lowest BCUT2D eigenvalue weighted by Gasteiger charge is -2.17. The Bertz CT molecular complexity index is 450. The summed E-state index contributed by atoms with van der Waals surface area (Å²) in [6.07, 6.45) is 2.19. The molecule has 116 valence electrons. The van der Waals surface area contributed by atoms with Crippen LogP contribution in [0.5, 0.6) is 0 Å². The largest absolute Gasteiger partial charge is 0.480 e. The van der Waals surface area contributed by atoms with Gasteiger partial charge < -0.3 is 10.4 Å². The summed E-state index contributed by atoms with van der Waals surface area (Å²) in [6, 6.07) is 9.13. The molecular weight excluding hydrogens is 286 g/mol. The zero-order chi connectivity index (χ0) is 15.7. The van der Waals surface area contributed by atoms with Gasteiger partial charge in [-0.3, -0.25) is 4.79 Å². The fourth-order valence-electron chi connectivity index (χ4n) is 1.83. The summed E-state index contributed by atoms with van der Waals surface area (Å²) in [4.78, 5) is 23.2. The van der Waals surface area contributed by atoms with E-state index >= 15 is 0 Å². The van der Waals surface area contributed by atoms with Crippen molar-refractivity contribution in [3.63, 3.8) is 0 Å². The molecular formula is C16H23NO3S. The second-order valence-corrected chi connectivity index (χ2v) is 6.31. The standard InChI is InChI=1S/C16H23NO3S/c1-3-4-10-14(16(19)20)17-15(18)12(2)21-11-13-8-6-5-7-9-13/h5-9,12,14H,3-4,10-11H2,1-2H3,(H,17,18)(H,19,20). The Hall–Kier alpha value is -1.49. The van der Waals surface area contributed by atoms with Crippen LogP contribution in [0.3, 0.4) is 0 Å². The molecule has 1 amide bonds. The maximum atomic E-state index is 12.0. The third kappa shape index (κ3) is 6.67. The molecule has 2 unspecified atom stereocenters. The average Bonchev–Trinajstić information content (AvgIpc) is 2.49. The quantitative estimate of drug-likeness (QED) is 0.736. The minimum Gasteiger partial charge on any atom is -0.480 e. The molecule has 2 atom stereocenters. The van der Waals surface area contributed by atoms with Crippen molar-refractivity contribution in [2.24, 2.45) is 0 Å². The topological polar surface area (TPSA) is 66.4 Å². The second kappa shape index (κ2) is 9.45. The van der Waals surface area contributed by atoms with Gasteiger partial charge in [0.05, 0.1) is 5.25 Å². The zero-order valence-corrected chi connectivity index (χ0v) is 13.4. The van der Waals surface area contributed by atoms with Crippen LogP contribution in [0, 0.1) is 0 Å². The molecule has 1 rings (SSSR count). The van der Waals surface area contributed by atoms with Gasteiger partial charge in [-0.05, 0) is 18.9 Å². The number of carbonyl (C=O) groups excluding carboxylic acids is 1. The fourth-order valence-corrected chi connectivity index (χ4v) is 2.68. The normalized spacial score (nSPS) is 13.4. The average molecular weight is 309 g/mol. The SMILES string of the molecule is CCCCC(NC(=O)C(C)SCc1ccccc1)C(=O)O. The molecule has 0 fully saturated rings. The van der Waals surface area contributed by atoms with Crippen LogP contribution >= 0.6 is 11.8 Å². The Labute approximate surface area is 130 Å². The van der Waals surface area contributed by atoms with E-state index in [1.807, 2.05) is 44.2 Å². The Morgan fingerprint density at radius 2 is 1.95 bits per heavy atom. The van der Waals surface area contributed by atoms with Crippen molar-refractivity contribution in [2.45, 2.75) is 50.2 Å². The molecule has 21 heavy (non-hydrogen) atoms. The van der Waals surface area contributed by atoms with Gasteiger partial charge in [0.2, 0.25) is 5.91 Å². The van der Waals surface area contributed by atoms with E-state index in [1.165, 1.54) is 11.8 Å². The van der Waals surface area contributed by atoms with Gasteiger partial charge in [-0.1, -0.05) is 50.1 Å². The first-order chi connectivity index (χ1) is 10.0. The number of thioether (sulfide) groups is 1. The summed E-state index contributed by atoms with van der Waals surface area (Å²) >= 11 is 1.51. The summed E-state index contributed by atoms with van der Waals surface area (Å²) in [5.74, 6) is -0.432. The minimum absolute atomic E-state index is 0.209. The van der Waals surface area contributed by atoms with E-state index in [4.69, 9.17) is 5.11 Å². The van der Waals surface area contributed by atoms with Gasteiger partial charge in [0.15, 0.2) is 0 Å². The van der Waals surface area contributed by atoms with E-state index < -0.39 is 12.0 Å². The Kier molecular flexibility index (Phi) is 7.90. The molecule has 5 heteroatoms. The van der Waals surface area contributed by atoms with Crippen LogP contribution < -0.4 is 5.32 Å². The molecule has 0 aliphatic heterocycles. The molecule has 0 heterocycles. The summed E-state index contributed by atoms with van der Waals surface area (Å²) in [5.41, 5.74) is 1.16. The molecule has 0 aliphatic rings. The number of hydrogen-bond donors (Lipinski definition) is 2. The van der Waals surface area contributed by atoms with E-state index in [9.17, 15) is 9.59 Å². The van der Waals surface area contributed by atoms with Crippen molar-refractivity contribution in [1.82, 2.24) is 5.32 Å². The number of carbonyl (C=O) groups is 2. The number of unbranched alkanes of at least 4 members (excludes halogenated alkanes) is 1. The van der Waals surface area contributed by atoms with E-state index in [2.05, 4.69) is 5.32 Å². The van der Waals surface area contributed by atoms with Crippen LogP contribution in [0.4, 0.5) is 0 Å². The van der Waals surface area contributed by atoms with Gasteiger partial charge in [-0.2, -0.15) is 0 Å². The lowest BCUT2D eigenvalue weighted by atomic mass is 10.1. The highest BCUT2D eigenvalue weighted by Crippen LogP contribution is 2.18. The lowest BCUT2D eigenvalue weighted by Crippen LogP contribution is -2.44.